The Hall–Kier alpha value is -0.860. The van der Waals surface area contributed by atoms with Crippen molar-refractivity contribution in [3.8, 4) is 0 Å². The van der Waals surface area contributed by atoms with Crippen LogP contribution in [0.15, 0.2) is 0 Å². The number of H-pyrrole nitrogens is 1. The molecular formula is C15H25N3. The van der Waals surface area contributed by atoms with Crippen molar-refractivity contribution in [3.05, 3.63) is 11.6 Å². The first-order valence-corrected chi connectivity index (χ1v) is 7.59. The minimum Gasteiger partial charge on any atom is -0.263 e. The van der Waals surface area contributed by atoms with E-state index in [-0.39, 0.29) is 0 Å². The highest BCUT2D eigenvalue weighted by atomic mass is 15.2. The van der Waals surface area contributed by atoms with Gasteiger partial charge in [-0.05, 0) is 31.1 Å². The van der Waals surface area contributed by atoms with Gasteiger partial charge in [-0.3, -0.25) is 5.10 Å². The lowest BCUT2D eigenvalue weighted by Gasteiger charge is -2.24. The zero-order valence-electron chi connectivity index (χ0n) is 11.7. The Bertz CT molecular complexity index is 402. The van der Waals surface area contributed by atoms with Crippen LogP contribution in [0.3, 0.4) is 0 Å². The topological polar surface area (TPSA) is 41.6 Å². The lowest BCUT2D eigenvalue weighted by molar-refractivity contribution is 0.322. The fourth-order valence-electron chi connectivity index (χ4n) is 3.82. The molecule has 3 heteroatoms. The molecule has 0 bridgehead atoms. The molecule has 2 saturated carbocycles. The Labute approximate surface area is 110 Å². The number of rotatable bonds is 2. The normalized spacial score (nSPS) is 28.7. The van der Waals surface area contributed by atoms with Crippen molar-refractivity contribution >= 4 is 0 Å². The largest absolute Gasteiger partial charge is 0.263 e. The lowest BCUT2D eigenvalue weighted by Crippen LogP contribution is -2.16. The van der Waals surface area contributed by atoms with E-state index in [0.29, 0.717) is 17.3 Å². The van der Waals surface area contributed by atoms with Gasteiger partial charge >= 0.3 is 0 Å². The van der Waals surface area contributed by atoms with Crippen molar-refractivity contribution in [2.45, 2.75) is 77.0 Å². The highest BCUT2D eigenvalue weighted by Crippen LogP contribution is 2.47. The Morgan fingerprint density at radius 3 is 2.50 bits per heavy atom. The van der Waals surface area contributed by atoms with Crippen LogP contribution < -0.4 is 0 Å². The molecule has 1 aromatic heterocycles. The van der Waals surface area contributed by atoms with Gasteiger partial charge < -0.3 is 0 Å². The summed E-state index contributed by atoms with van der Waals surface area (Å²) in [6.45, 7) is 4.74. The predicted octanol–water partition coefficient (Wildman–Crippen LogP) is 4.15. The maximum Gasteiger partial charge on any atom is 0.153 e. The third-order valence-electron chi connectivity index (χ3n) is 5.08. The molecule has 1 atom stereocenters. The number of hydrogen-bond acceptors (Lipinski definition) is 2. The summed E-state index contributed by atoms with van der Waals surface area (Å²) >= 11 is 0. The molecule has 2 fully saturated rings. The molecule has 0 spiro atoms. The molecule has 0 aliphatic heterocycles. The summed E-state index contributed by atoms with van der Waals surface area (Å²) in [5.41, 5.74) is 0.392. The molecular weight excluding hydrogens is 222 g/mol. The van der Waals surface area contributed by atoms with Crippen LogP contribution in [0.25, 0.3) is 0 Å². The molecule has 2 aliphatic carbocycles. The van der Waals surface area contributed by atoms with Gasteiger partial charge in [-0.2, -0.15) is 5.10 Å². The molecule has 0 aromatic carbocycles. The fraction of sp³-hybridized carbons (Fsp3) is 0.867. The number of aromatic nitrogens is 3. The summed E-state index contributed by atoms with van der Waals surface area (Å²) in [6, 6.07) is 0. The molecule has 1 aromatic rings. The van der Waals surface area contributed by atoms with Gasteiger partial charge in [0, 0.05) is 11.8 Å². The molecule has 0 amide bonds. The highest BCUT2D eigenvalue weighted by Gasteiger charge is 2.37. The summed E-state index contributed by atoms with van der Waals surface area (Å²) in [7, 11) is 0. The third-order valence-corrected chi connectivity index (χ3v) is 5.08. The molecule has 100 valence electrons. The smallest absolute Gasteiger partial charge is 0.153 e. The van der Waals surface area contributed by atoms with E-state index < -0.39 is 0 Å². The van der Waals surface area contributed by atoms with Crippen LogP contribution in [-0.2, 0) is 0 Å². The van der Waals surface area contributed by atoms with Gasteiger partial charge in [0.15, 0.2) is 5.82 Å². The van der Waals surface area contributed by atoms with Gasteiger partial charge in [-0.15, -0.1) is 0 Å². The summed E-state index contributed by atoms with van der Waals surface area (Å²) in [4.78, 5) is 4.84. The van der Waals surface area contributed by atoms with Crippen molar-refractivity contribution in [1.29, 1.82) is 0 Å². The Kier molecular flexibility index (Phi) is 3.16. The van der Waals surface area contributed by atoms with E-state index in [9.17, 15) is 0 Å². The maximum atomic E-state index is 4.84. The van der Waals surface area contributed by atoms with E-state index in [0.717, 1.165) is 11.6 Å². The Morgan fingerprint density at radius 2 is 1.83 bits per heavy atom. The van der Waals surface area contributed by atoms with Crippen LogP contribution in [-0.4, -0.2) is 15.2 Å². The van der Waals surface area contributed by atoms with E-state index in [1.54, 1.807) is 0 Å². The average molecular weight is 247 g/mol. The van der Waals surface area contributed by atoms with Crippen molar-refractivity contribution in [2.75, 3.05) is 0 Å². The minimum absolute atomic E-state index is 0.392. The quantitative estimate of drug-likeness (QED) is 0.853. The lowest BCUT2D eigenvalue weighted by atomic mass is 9.81. The molecule has 0 saturated heterocycles. The second-order valence-electron chi connectivity index (χ2n) is 6.85. The van der Waals surface area contributed by atoms with Crippen molar-refractivity contribution in [1.82, 2.24) is 15.2 Å². The van der Waals surface area contributed by atoms with E-state index in [2.05, 4.69) is 24.0 Å². The zero-order chi connectivity index (χ0) is 12.6. The molecule has 18 heavy (non-hydrogen) atoms. The standard InChI is InChI=1S/C15H25N3/c1-15(2)10-6-9-12(15)14-16-13(17-18-14)11-7-4-3-5-8-11/h11-12H,3-10H2,1-2H3,(H,16,17,18). The summed E-state index contributed by atoms with van der Waals surface area (Å²) in [5, 5.41) is 7.75. The minimum atomic E-state index is 0.392. The second kappa shape index (κ2) is 4.67. The van der Waals surface area contributed by atoms with Gasteiger partial charge in [0.25, 0.3) is 0 Å². The Morgan fingerprint density at radius 1 is 1.06 bits per heavy atom. The molecule has 3 rings (SSSR count). The number of hydrogen-bond donors (Lipinski definition) is 1. The second-order valence-corrected chi connectivity index (χ2v) is 6.85. The monoisotopic (exact) mass is 247 g/mol. The van der Waals surface area contributed by atoms with Gasteiger partial charge in [0.2, 0.25) is 0 Å². The van der Waals surface area contributed by atoms with Gasteiger partial charge in [0.05, 0.1) is 0 Å². The van der Waals surface area contributed by atoms with Gasteiger partial charge in [0.1, 0.15) is 5.82 Å². The number of nitrogens with zero attached hydrogens (tertiary/aromatic N) is 2. The first-order chi connectivity index (χ1) is 8.67. The van der Waals surface area contributed by atoms with Crippen molar-refractivity contribution in [3.63, 3.8) is 0 Å². The number of nitrogens with one attached hydrogen (secondary N) is 1. The maximum absolute atomic E-state index is 4.84. The first kappa shape index (κ1) is 12.2. The number of aromatic amines is 1. The van der Waals surface area contributed by atoms with E-state index >= 15 is 0 Å². The van der Waals surface area contributed by atoms with Crippen LogP contribution in [0.5, 0.6) is 0 Å². The molecule has 1 heterocycles. The molecule has 0 radical (unpaired) electrons. The zero-order valence-corrected chi connectivity index (χ0v) is 11.7. The van der Waals surface area contributed by atoms with Gasteiger partial charge in [-0.1, -0.05) is 39.5 Å². The molecule has 3 nitrogen and oxygen atoms in total. The molecule has 1 N–H and O–H groups in total. The highest BCUT2D eigenvalue weighted by molar-refractivity contribution is 5.08. The summed E-state index contributed by atoms with van der Waals surface area (Å²) < 4.78 is 0. The van der Waals surface area contributed by atoms with Crippen LogP contribution in [0.2, 0.25) is 0 Å². The summed E-state index contributed by atoms with van der Waals surface area (Å²) in [6.07, 6.45) is 10.6. The van der Waals surface area contributed by atoms with Crippen LogP contribution >= 0.6 is 0 Å². The van der Waals surface area contributed by atoms with Crippen molar-refractivity contribution in [2.24, 2.45) is 5.41 Å². The summed E-state index contributed by atoms with van der Waals surface area (Å²) in [5.74, 6) is 3.45. The van der Waals surface area contributed by atoms with E-state index in [4.69, 9.17) is 4.98 Å². The average Bonchev–Trinajstić information content (AvgIpc) is 2.96. The SMILES string of the molecule is CC1(C)CCCC1c1nc(C2CCCCC2)n[nH]1. The predicted molar refractivity (Wildman–Crippen MR) is 72.6 cm³/mol. The molecule has 1 unspecified atom stereocenters. The van der Waals surface area contributed by atoms with Crippen LogP contribution in [0.4, 0.5) is 0 Å². The van der Waals surface area contributed by atoms with Crippen LogP contribution in [0.1, 0.15) is 88.7 Å². The third kappa shape index (κ3) is 2.19. The Balaban J connectivity index is 1.76. The first-order valence-electron chi connectivity index (χ1n) is 7.59. The van der Waals surface area contributed by atoms with Crippen LogP contribution in [0, 0.1) is 5.41 Å². The molecule has 2 aliphatic rings. The van der Waals surface area contributed by atoms with Gasteiger partial charge in [-0.25, -0.2) is 4.98 Å². The van der Waals surface area contributed by atoms with E-state index in [1.807, 2.05) is 0 Å². The van der Waals surface area contributed by atoms with E-state index in [1.165, 1.54) is 51.4 Å². The fourth-order valence-corrected chi connectivity index (χ4v) is 3.82. The van der Waals surface area contributed by atoms with Crippen molar-refractivity contribution < 1.29 is 0 Å².